The summed E-state index contributed by atoms with van der Waals surface area (Å²) in [5.41, 5.74) is 1.77. The molecule has 2 N–H and O–H groups in total. The Morgan fingerprint density at radius 2 is 2.06 bits per heavy atom. The van der Waals surface area contributed by atoms with Crippen LogP contribution in [-0.2, 0) is 6.54 Å². The highest BCUT2D eigenvalue weighted by molar-refractivity contribution is 5.49. The van der Waals surface area contributed by atoms with Gasteiger partial charge in [-0.2, -0.15) is 0 Å². The van der Waals surface area contributed by atoms with E-state index in [0.29, 0.717) is 13.1 Å². The number of unbranched alkanes of at least 4 members (excludes halogenated alkanes) is 1. The molecule has 0 aliphatic heterocycles. The minimum absolute atomic E-state index is 0.0849. The Hall–Kier alpha value is -1.13. The van der Waals surface area contributed by atoms with Crippen LogP contribution in [0.1, 0.15) is 25.3 Å². The Labute approximate surface area is 109 Å². The SMILES string of the molecule is CCCCN(CCO)c1cc(F)cc(CNC)c1. The fourth-order valence-corrected chi connectivity index (χ4v) is 1.96. The molecule has 0 bridgehead atoms. The van der Waals surface area contributed by atoms with Gasteiger partial charge in [0.15, 0.2) is 0 Å². The largest absolute Gasteiger partial charge is 0.395 e. The van der Waals surface area contributed by atoms with E-state index >= 15 is 0 Å². The number of rotatable bonds is 8. The maximum absolute atomic E-state index is 13.6. The standard InChI is InChI=1S/C14H23FN2O/c1-3-4-5-17(6-7-18)14-9-12(11-16-2)8-13(15)10-14/h8-10,16,18H,3-7,11H2,1-2H3. The summed E-state index contributed by atoms with van der Waals surface area (Å²) in [6, 6.07) is 5.05. The van der Waals surface area contributed by atoms with Gasteiger partial charge in [-0.1, -0.05) is 13.3 Å². The molecule has 1 aromatic carbocycles. The highest BCUT2D eigenvalue weighted by Crippen LogP contribution is 2.19. The van der Waals surface area contributed by atoms with Gasteiger partial charge in [0.1, 0.15) is 5.82 Å². The maximum atomic E-state index is 13.6. The molecule has 0 amide bonds. The quantitative estimate of drug-likeness (QED) is 0.746. The smallest absolute Gasteiger partial charge is 0.125 e. The van der Waals surface area contributed by atoms with E-state index in [2.05, 4.69) is 12.2 Å². The average molecular weight is 254 g/mol. The zero-order valence-electron chi connectivity index (χ0n) is 11.2. The third-order valence-corrected chi connectivity index (χ3v) is 2.84. The van der Waals surface area contributed by atoms with Crippen molar-refractivity contribution in [2.45, 2.75) is 26.3 Å². The molecule has 0 atom stereocenters. The zero-order valence-corrected chi connectivity index (χ0v) is 11.2. The number of halogens is 1. The number of anilines is 1. The molecule has 0 radical (unpaired) electrons. The summed E-state index contributed by atoms with van der Waals surface area (Å²) >= 11 is 0. The lowest BCUT2D eigenvalue weighted by atomic mass is 10.1. The van der Waals surface area contributed by atoms with Gasteiger partial charge in [-0.15, -0.1) is 0 Å². The molecule has 18 heavy (non-hydrogen) atoms. The second-order valence-corrected chi connectivity index (χ2v) is 4.41. The number of hydrogen-bond donors (Lipinski definition) is 2. The molecule has 1 rings (SSSR count). The first-order chi connectivity index (χ1) is 8.71. The molecule has 3 nitrogen and oxygen atoms in total. The van der Waals surface area contributed by atoms with E-state index in [1.165, 1.54) is 12.1 Å². The molecular weight excluding hydrogens is 231 g/mol. The van der Waals surface area contributed by atoms with Gasteiger partial charge in [-0.3, -0.25) is 0 Å². The van der Waals surface area contributed by atoms with Crippen molar-refractivity contribution in [1.82, 2.24) is 5.32 Å². The molecule has 0 saturated heterocycles. The molecular formula is C14H23FN2O. The highest BCUT2D eigenvalue weighted by Gasteiger charge is 2.08. The zero-order chi connectivity index (χ0) is 13.4. The third-order valence-electron chi connectivity index (χ3n) is 2.84. The van der Waals surface area contributed by atoms with Gasteiger partial charge >= 0.3 is 0 Å². The van der Waals surface area contributed by atoms with E-state index in [4.69, 9.17) is 5.11 Å². The summed E-state index contributed by atoms with van der Waals surface area (Å²) in [5, 5.41) is 12.1. The van der Waals surface area contributed by atoms with Crippen molar-refractivity contribution in [3.05, 3.63) is 29.6 Å². The Balaban J connectivity index is 2.87. The van der Waals surface area contributed by atoms with E-state index in [1.807, 2.05) is 18.0 Å². The summed E-state index contributed by atoms with van der Waals surface area (Å²) in [5.74, 6) is -0.225. The van der Waals surface area contributed by atoms with Gasteiger partial charge in [-0.25, -0.2) is 4.39 Å². The Morgan fingerprint density at radius 3 is 2.67 bits per heavy atom. The molecule has 0 aliphatic carbocycles. The number of benzene rings is 1. The van der Waals surface area contributed by atoms with Crippen LogP contribution in [0.15, 0.2) is 18.2 Å². The molecule has 0 spiro atoms. The van der Waals surface area contributed by atoms with Gasteiger partial charge < -0.3 is 15.3 Å². The van der Waals surface area contributed by atoms with Gasteiger partial charge in [0.2, 0.25) is 0 Å². The molecule has 1 aromatic rings. The van der Waals surface area contributed by atoms with Crippen LogP contribution in [0.4, 0.5) is 10.1 Å². The molecule has 0 heterocycles. The Bertz CT molecular complexity index is 358. The molecule has 0 aromatic heterocycles. The molecule has 0 unspecified atom stereocenters. The lowest BCUT2D eigenvalue weighted by Gasteiger charge is -2.24. The van der Waals surface area contributed by atoms with Gasteiger partial charge in [0.05, 0.1) is 6.61 Å². The van der Waals surface area contributed by atoms with Gasteiger partial charge in [-0.05, 0) is 37.2 Å². The van der Waals surface area contributed by atoms with Crippen molar-refractivity contribution in [2.75, 3.05) is 31.6 Å². The Kier molecular flexibility index (Phi) is 6.68. The van der Waals surface area contributed by atoms with Crippen LogP contribution >= 0.6 is 0 Å². The van der Waals surface area contributed by atoms with E-state index in [9.17, 15) is 4.39 Å². The minimum Gasteiger partial charge on any atom is -0.395 e. The fourth-order valence-electron chi connectivity index (χ4n) is 1.96. The van der Waals surface area contributed by atoms with Crippen LogP contribution in [0.5, 0.6) is 0 Å². The van der Waals surface area contributed by atoms with Gasteiger partial charge in [0.25, 0.3) is 0 Å². The van der Waals surface area contributed by atoms with Crippen molar-refractivity contribution < 1.29 is 9.50 Å². The van der Waals surface area contributed by atoms with Crippen molar-refractivity contribution in [2.24, 2.45) is 0 Å². The van der Waals surface area contributed by atoms with E-state index in [1.54, 1.807) is 0 Å². The van der Waals surface area contributed by atoms with Crippen molar-refractivity contribution in [3.8, 4) is 0 Å². The summed E-state index contributed by atoms with van der Waals surface area (Å²) < 4.78 is 13.6. The van der Waals surface area contributed by atoms with Crippen LogP contribution in [0, 0.1) is 5.82 Å². The predicted octanol–water partition coefficient (Wildman–Crippen LogP) is 2.14. The number of aliphatic hydroxyl groups is 1. The molecule has 0 saturated carbocycles. The summed E-state index contributed by atoms with van der Waals surface area (Å²) in [6.45, 7) is 4.24. The summed E-state index contributed by atoms with van der Waals surface area (Å²) in [6.07, 6.45) is 2.12. The average Bonchev–Trinajstić information content (AvgIpc) is 2.34. The van der Waals surface area contributed by atoms with E-state index in [0.717, 1.165) is 30.6 Å². The third kappa shape index (κ3) is 4.63. The summed E-state index contributed by atoms with van der Waals surface area (Å²) in [4.78, 5) is 2.03. The Morgan fingerprint density at radius 1 is 1.28 bits per heavy atom. The van der Waals surface area contributed by atoms with Crippen molar-refractivity contribution in [1.29, 1.82) is 0 Å². The number of aliphatic hydroxyl groups excluding tert-OH is 1. The lowest BCUT2D eigenvalue weighted by Crippen LogP contribution is -2.28. The topological polar surface area (TPSA) is 35.5 Å². The van der Waals surface area contributed by atoms with Crippen LogP contribution in [-0.4, -0.2) is 31.9 Å². The molecule has 4 heteroatoms. The van der Waals surface area contributed by atoms with E-state index in [-0.39, 0.29) is 12.4 Å². The first kappa shape index (κ1) is 14.9. The van der Waals surface area contributed by atoms with Crippen molar-refractivity contribution >= 4 is 5.69 Å². The van der Waals surface area contributed by atoms with Crippen LogP contribution in [0.3, 0.4) is 0 Å². The lowest BCUT2D eigenvalue weighted by molar-refractivity contribution is 0.301. The number of hydrogen-bond acceptors (Lipinski definition) is 3. The molecule has 0 aliphatic rings. The first-order valence-corrected chi connectivity index (χ1v) is 6.51. The normalized spacial score (nSPS) is 10.7. The van der Waals surface area contributed by atoms with Crippen LogP contribution in [0.25, 0.3) is 0 Å². The maximum Gasteiger partial charge on any atom is 0.125 e. The number of nitrogens with zero attached hydrogens (tertiary/aromatic N) is 1. The molecule has 0 fully saturated rings. The van der Waals surface area contributed by atoms with E-state index < -0.39 is 0 Å². The predicted molar refractivity (Wildman–Crippen MR) is 73.4 cm³/mol. The highest BCUT2D eigenvalue weighted by atomic mass is 19.1. The first-order valence-electron chi connectivity index (χ1n) is 6.51. The monoisotopic (exact) mass is 254 g/mol. The van der Waals surface area contributed by atoms with Crippen LogP contribution < -0.4 is 10.2 Å². The fraction of sp³-hybridized carbons (Fsp3) is 0.571. The van der Waals surface area contributed by atoms with Gasteiger partial charge in [0, 0.05) is 25.3 Å². The summed E-state index contributed by atoms with van der Waals surface area (Å²) in [7, 11) is 1.84. The minimum atomic E-state index is -0.225. The van der Waals surface area contributed by atoms with Crippen molar-refractivity contribution in [3.63, 3.8) is 0 Å². The van der Waals surface area contributed by atoms with Crippen LogP contribution in [0.2, 0.25) is 0 Å². The molecule has 102 valence electrons. The second kappa shape index (κ2) is 8.06. The second-order valence-electron chi connectivity index (χ2n) is 4.41. The number of nitrogens with one attached hydrogen (secondary N) is 1.